The van der Waals surface area contributed by atoms with E-state index in [4.69, 9.17) is 4.74 Å². The summed E-state index contributed by atoms with van der Waals surface area (Å²) in [5, 5.41) is 2.14. The average Bonchev–Trinajstić information content (AvgIpc) is 2.25. The number of ether oxygens (including phenoxy) is 1. The zero-order valence-electron chi connectivity index (χ0n) is 8.90. The van der Waals surface area contributed by atoms with Crippen LogP contribution in [0.3, 0.4) is 0 Å². The number of nitrogens with one attached hydrogen (secondary N) is 1. The summed E-state index contributed by atoms with van der Waals surface area (Å²) in [6, 6.07) is -0.605. The summed E-state index contributed by atoms with van der Waals surface area (Å²) >= 11 is 0. The standard InChI is InChI=1S/C10H14N2O4/c13-8-4-9(14)12(10(15)11-8)5-7-2-1-3-16-6-7/h7H,1-6H2,(H,11,13,15). The maximum Gasteiger partial charge on any atom is 0.330 e. The molecule has 0 aromatic rings. The van der Waals surface area contributed by atoms with E-state index in [0.29, 0.717) is 13.2 Å². The Kier molecular flexibility index (Phi) is 3.19. The summed E-state index contributed by atoms with van der Waals surface area (Å²) in [5.74, 6) is -0.748. The Morgan fingerprint density at radius 1 is 1.38 bits per heavy atom. The highest BCUT2D eigenvalue weighted by Gasteiger charge is 2.32. The topological polar surface area (TPSA) is 75.7 Å². The number of hydrogen-bond acceptors (Lipinski definition) is 4. The molecule has 0 bridgehead atoms. The summed E-state index contributed by atoms with van der Waals surface area (Å²) in [6.45, 7) is 1.66. The van der Waals surface area contributed by atoms with Crippen LogP contribution in [0.1, 0.15) is 19.3 Å². The van der Waals surface area contributed by atoms with Gasteiger partial charge < -0.3 is 4.74 Å². The van der Waals surface area contributed by atoms with Gasteiger partial charge in [-0.1, -0.05) is 0 Å². The van der Waals surface area contributed by atoms with E-state index in [1.165, 1.54) is 0 Å². The fourth-order valence-corrected chi connectivity index (χ4v) is 1.97. The van der Waals surface area contributed by atoms with Crippen molar-refractivity contribution in [2.75, 3.05) is 19.8 Å². The van der Waals surface area contributed by atoms with Gasteiger partial charge in [-0.25, -0.2) is 4.79 Å². The van der Waals surface area contributed by atoms with E-state index in [1.807, 2.05) is 0 Å². The molecule has 1 unspecified atom stereocenters. The first kappa shape index (κ1) is 11.1. The van der Waals surface area contributed by atoms with Crippen LogP contribution < -0.4 is 5.32 Å². The normalized spacial score (nSPS) is 26.9. The first-order chi connectivity index (χ1) is 7.66. The van der Waals surface area contributed by atoms with Gasteiger partial charge >= 0.3 is 6.03 Å². The minimum Gasteiger partial charge on any atom is -0.381 e. The van der Waals surface area contributed by atoms with Gasteiger partial charge in [-0.15, -0.1) is 0 Å². The van der Waals surface area contributed by atoms with E-state index >= 15 is 0 Å². The highest BCUT2D eigenvalue weighted by molar-refractivity contribution is 6.14. The van der Waals surface area contributed by atoms with Gasteiger partial charge in [0.25, 0.3) is 0 Å². The van der Waals surface area contributed by atoms with Crippen LogP contribution in [-0.4, -0.2) is 42.5 Å². The van der Waals surface area contributed by atoms with Crippen molar-refractivity contribution in [3.05, 3.63) is 0 Å². The Morgan fingerprint density at radius 2 is 2.19 bits per heavy atom. The molecule has 88 valence electrons. The lowest BCUT2D eigenvalue weighted by Crippen LogP contribution is -2.54. The van der Waals surface area contributed by atoms with Crippen molar-refractivity contribution in [2.45, 2.75) is 19.3 Å². The lowest BCUT2D eigenvalue weighted by molar-refractivity contribution is -0.137. The number of barbiturate groups is 1. The van der Waals surface area contributed by atoms with Gasteiger partial charge in [0.1, 0.15) is 6.42 Å². The van der Waals surface area contributed by atoms with Crippen molar-refractivity contribution < 1.29 is 19.1 Å². The summed E-state index contributed by atoms with van der Waals surface area (Å²) < 4.78 is 5.28. The molecule has 6 heteroatoms. The van der Waals surface area contributed by atoms with Gasteiger partial charge in [-0.3, -0.25) is 19.8 Å². The molecule has 2 heterocycles. The number of carbonyl (C=O) groups is 3. The Morgan fingerprint density at radius 3 is 2.81 bits per heavy atom. The van der Waals surface area contributed by atoms with Crippen molar-refractivity contribution in [3.8, 4) is 0 Å². The van der Waals surface area contributed by atoms with Gasteiger partial charge in [-0.05, 0) is 12.8 Å². The largest absolute Gasteiger partial charge is 0.381 e. The maximum absolute atomic E-state index is 11.5. The highest BCUT2D eigenvalue weighted by Crippen LogP contribution is 2.16. The average molecular weight is 226 g/mol. The number of carbonyl (C=O) groups excluding carboxylic acids is 3. The second-order valence-corrected chi connectivity index (χ2v) is 4.12. The molecule has 2 aliphatic rings. The smallest absolute Gasteiger partial charge is 0.330 e. The molecule has 0 spiro atoms. The molecule has 4 amide bonds. The second-order valence-electron chi connectivity index (χ2n) is 4.12. The molecular formula is C10H14N2O4. The van der Waals surface area contributed by atoms with Crippen LogP contribution in [0.25, 0.3) is 0 Å². The monoisotopic (exact) mass is 226 g/mol. The lowest BCUT2D eigenvalue weighted by Gasteiger charge is -2.30. The molecule has 2 aliphatic heterocycles. The minimum atomic E-state index is -0.605. The van der Waals surface area contributed by atoms with Crippen LogP contribution in [0.15, 0.2) is 0 Å². The van der Waals surface area contributed by atoms with Gasteiger partial charge in [-0.2, -0.15) is 0 Å². The Hall–Kier alpha value is -1.43. The Balaban J connectivity index is 1.94. The molecule has 1 atom stereocenters. The van der Waals surface area contributed by atoms with E-state index < -0.39 is 17.8 Å². The van der Waals surface area contributed by atoms with Gasteiger partial charge in [0.15, 0.2) is 0 Å². The molecule has 0 aromatic carbocycles. The van der Waals surface area contributed by atoms with Crippen LogP contribution in [-0.2, 0) is 14.3 Å². The Labute approximate surface area is 92.9 Å². The summed E-state index contributed by atoms with van der Waals surface area (Å²) in [4.78, 5) is 34.9. The minimum absolute atomic E-state index is 0.191. The third kappa shape index (κ3) is 2.38. The summed E-state index contributed by atoms with van der Waals surface area (Å²) in [6.07, 6.45) is 1.66. The number of hydrogen-bond donors (Lipinski definition) is 1. The van der Waals surface area contributed by atoms with Gasteiger partial charge in [0.2, 0.25) is 11.8 Å². The summed E-state index contributed by atoms with van der Waals surface area (Å²) in [5.41, 5.74) is 0. The molecule has 2 rings (SSSR count). The van der Waals surface area contributed by atoms with E-state index in [-0.39, 0.29) is 12.3 Å². The molecule has 0 aromatic heterocycles. The SMILES string of the molecule is O=C1CC(=O)N(CC2CCCOC2)C(=O)N1. The van der Waals surface area contributed by atoms with Gasteiger partial charge in [0, 0.05) is 19.1 Å². The lowest BCUT2D eigenvalue weighted by atomic mass is 10.0. The molecule has 0 aliphatic carbocycles. The molecule has 16 heavy (non-hydrogen) atoms. The van der Waals surface area contributed by atoms with Crippen molar-refractivity contribution in [3.63, 3.8) is 0 Å². The van der Waals surface area contributed by atoms with Crippen molar-refractivity contribution >= 4 is 17.8 Å². The molecule has 0 radical (unpaired) electrons. The fraction of sp³-hybridized carbons (Fsp3) is 0.700. The van der Waals surface area contributed by atoms with E-state index in [9.17, 15) is 14.4 Å². The zero-order chi connectivity index (χ0) is 11.5. The van der Waals surface area contributed by atoms with Crippen molar-refractivity contribution in [1.82, 2.24) is 10.2 Å². The predicted molar refractivity (Wildman–Crippen MR) is 53.4 cm³/mol. The molecular weight excluding hydrogens is 212 g/mol. The van der Waals surface area contributed by atoms with Crippen LogP contribution in [0.5, 0.6) is 0 Å². The van der Waals surface area contributed by atoms with Gasteiger partial charge in [0.05, 0.1) is 6.61 Å². The van der Waals surface area contributed by atoms with Crippen LogP contribution in [0, 0.1) is 5.92 Å². The quantitative estimate of drug-likeness (QED) is 0.666. The molecule has 2 fully saturated rings. The number of nitrogens with zero attached hydrogens (tertiary/aromatic N) is 1. The molecule has 6 nitrogen and oxygen atoms in total. The van der Waals surface area contributed by atoms with Crippen LogP contribution >= 0.6 is 0 Å². The Bertz CT molecular complexity index is 303. The number of amides is 4. The highest BCUT2D eigenvalue weighted by atomic mass is 16.5. The third-order valence-corrected chi connectivity index (χ3v) is 2.80. The number of rotatable bonds is 2. The molecule has 0 saturated carbocycles. The number of urea groups is 1. The first-order valence-electron chi connectivity index (χ1n) is 5.39. The second kappa shape index (κ2) is 4.61. The van der Waals surface area contributed by atoms with E-state index in [2.05, 4.69) is 5.32 Å². The maximum atomic E-state index is 11.5. The zero-order valence-corrected chi connectivity index (χ0v) is 8.90. The molecule has 1 N–H and O–H groups in total. The molecule has 2 saturated heterocycles. The van der Waals surface area contributed by atoms with Crippen LogP contribution in [0.2, 0.25) is 0 Å². The predicted octanol–water partition coefficient (Wildman–Crippen LogP) is -0.118. The fourth-order valence-electron chi connectivity index (χ4n) is 1.97. The van der Waals surface area contributed by atoms with Crippen molar-refractivity contribution in [1.29, 1.82) is 0 Å². The van der Waals surface area contributed by atoms with Crippen molar-refractivity contribution in [2.24, 2.45) is 5.92 Å². The number of imide groups is 2. The summed E-state index contributed by atoms with van der Waals surface area (Å²) in [7, 11) is 0. The van der Waals surface area contributed by atoms with Crippen LogP contribution in [0.4, 0.5) is 4.79 Å². The van der Waals surface area contributed by atoms with E-state index in [1.54, 1.807) is 0 Å². The third-order valence-electron chi connectivity index (χ3n) is 2.80. The van der Waals surface area contributed by atoms with E-state index in [0.717, 1.165) is 24.3 Å². The first-order valence-corrected chi connectivity index (χ1v) is 5.39.